The molecule has 0 amide bonds. The molecule has 1 aliphatic rings. The quantitative estimate of drug-likeness (QED) is 0.372. The summed E-state index contributed by atoms with van der Waals surface area (Å²) in [5.74, 6) is 0.625. The van der Waals surface area contributed by atoms with E-state index < -0.39 is 40.6 Å². The smallest absolute Gasteiger partial charge is 0.169 e. The molecule has 0 saturated carbocycles. The van der Waals surface area contributed by atoms with Gasteiger partial charge in [0.1, 0.15) is 35.9 Å². The molecular weight excluding hydrogens is 320 g/mol. The van der Waals surface area contributed by atoms with Gasteiger partial charge in [-0.3, -0.25) is 0 Å². The van der Waals surface area contributed by atoms with Crippen LogP contribution in [0.3, 0.4) is 0 Å². The van der Waals surface area contributed by atoms with Gasteiger partial charge in [0.15, 0.2) is 5.25 Å². The summed E-state index contributed by atoms with van der Waals surface area (Å²) in [4.78, 5) is 0. The Labute approximate surface area is 138 Å². The standard InChI is InChI=1S/C16H25O6S/c17-6-14(22-8-11-4-2-1-3-5-11)12(19)9-23-10-13(20)16(21)15(23)7-18/h1-5,12-21H,6-10H2/q+1/t12-,13-,14+,15-,16+,23?/m1/s1. The molecule has 130 valence electrons. The van der Waals surface area contributed by atoms with Crippen molar-refractivity contribution in [1.82, 2.24) is 0 Å². The molecule has 6 nitrogen and oxygen atoms in total. The van der Waals surface area contributed by atoms with Crippen LogP contribution in [0, 0.1) is 0 Å². The molecule has 5 N–H and O–H groups in total. The molecule has 2 rings (SSSR count). The summed E-state index contributed by atoms with van der Waals surface area (Å²) in [5.41, 5.74) is 0.945. The Morgan fingerprint density at radius 3 is 2.48 bits per heavy atom. The maximum Gasteiger partial charge on any atom is 0.169 e. The number of aliphatic hydroxyl groups excluding tert-OH is 5. The topological polar surface area (TPSA) is 110 Å². The third-order valence-corrected chi connectivity index (χ3v) is 6.89. The minimum absolute atomic E-state index is 0.233. The zero-order valence-electron chi connectivity index (χ0n) is 12.9. The number of ether oxygens (including phenoxy) is 1. The van der Waals surface area contributed by atoms with E-state index in [1.54, 1.807) is 0 Å². The van der Waals surface area contributed by atoms with Crippen LogP contribution in [0.5, 0.6) is 0 Å². The lowest BCUT2D eigenvalue weighted by atomic mass is 10.2. The molecule has 1 unspecified atom stereocenters. The summed E-state index contributed by atoms with van der Waals surface area (Å²) in [5, 5.41) is 48.2. The Kier molecular flexibility index (Phi) is 7.29. The van der Waals surface area contributed by atoms with E-state index in [2.05, 4.69) is 0 Å². The second kappa shape index (κ2) is 8.98. The van der Waals surface area contributed by atoms with Gasteiger partial charge in [-0.25, -0.2) is 0 Å². The normalized spacial score (nSPS) is 30.3. The van der Waals surface area contributed by atoms with Crippen molar-refractivity contribution in [3.63, 3.8) is 0 Å². The fourth-order valence-electron chi connectivity index (χ4n) is 2.68. The highest BCUT2D eigenvalue weighted by atomic mass is 32.2. The minimum atomic E-state index is -0.964. The van der Waals surface area contributed by atoms with Crippen molar-refractivity contribution in [2.45, 2.75) is 36.3 Å². The van der Waals surface area contributed by atoms with E-state index in [1.165, 1.54) is 0 Å². The Bertz CT molecular complexity index is 459. The summed E-state index contributed by atoms with van der Waals surface area (Å²) in [6.07, 6.45) is -3.50. The van der Waals surface area contributed by atoms with Gasteiger partial charge in [-0.2, -0.15) is 0 Å². The molecule has 0 radical (unpaired) electrons. The second-order valence-electron chi connectivity index (χ2n) is 5.73. The molecule has 7 heteroatoms. The monoisotopic (exact) mass is 345 g/mol. The van der Waals surface area contributed by atoms with Crippen LogP contribution in [-0.4, -0.2) is 79.9 Å². The highest BCUT2D eigenvalue weighted by molar-refractivity contribution is 7.97. The van der Waals surface area contributed by atoms with Gasteiger partial charge < -0.3 is 30.3 Å². The predicted molar refractivity (Wildman–Crippen MR) is 88.1 cm³/mol. The van der Waals surface area contributed by atoms with Crippen molar-refractivity contribution >= 4 is 10.9 Å². The average Bonchev–Trinajstić information content (AvgIpc) is 2.82. The van der Waals surface area contributed by atoms with Crippen LogP contribution in [0.2, 0.25) is 0 Å². The lowest BCUT2D eigenvalue weighted by molar-refractivity contribution is -0.0623. The van der Waals surface area contributed by atoms with Gasteiger partial charge >= 0.3 is 0 Å². The number of benzene rings is 1. The fraction of sp³-hybridized carbons (Fsp3) is 0.625. The minimum Gasteiger partial charge on any atom is -0.394 e. The van der Waals surface area contributed by atoms with Gasteiger partial charge in [0.25, 0.3) is 0 Å². The van der Waals surface area contributed by atoms with E-state index in [4.69, 9.17) is 4.74 Å². The molecule has 1 aromatic rings. The largest absolute Gasteiger partial charge is 0.394 e. The van der Waals surface area contributed by atoms with Crippen molar-refractivity contribution in [2.75, 3.05) is 24.7 Å². The third kappa shape index (κ3) is 4.90. The lowest BCUT2D eigenvalue weighted by Gasteiger charge is -2.22. The van der Waals surface area contributed by atoms with Crippen LogP contribution in [0.1, 0.15) is 5.56 Å². The maximum absolute atomic E-state index is 10.3. The van der Waals surface area contributed by atoms with Gasteiger partial charge in [-0.1, -0.05) is 30.3 Å². The molecule has 1 heterocycles. The molecule has 1 aliphatic heterocycles. The molecule has 0 spiro atoms. The van der Waals surface area contributed by atoms with Gasteiger partial charge in [-0.15, -0.1) is 0 Å². The summed E-state index contributed by atoms with van der Waals surface area (Å²) in [6.45, 7) is -0.269. The van der Waals surface area contributed by atoms with Gasteiger partial charge in [0.2, 0.25) is 0 Å². The van der Waals surface area contributed by atoms with E-state index in [0.29, 0.717) is 5.75 Å². The number of hydrogen-bond donors (Lipinski definition) is 5. The highest BCUT2D eigenvalue weighted by Crippen LogP contribution is 2.25. The first-order valence-corrected chi connectivity index (χ1v) is 9.27. The maximum atomic E-state index is 10.3. The van der Waals surface area contributed by atoms with Crippen LogP contribution in [0.15, 0.2) is 30.3 Å². The molecule has 0 bridgehead atoms. The van der Waals surface area contributed by atoms with Crippen LogP contribution in [0.4, 0.5) is 0 Å². The molecule has 0 aliphatic carbocycles. The van der Waals surface area contributed by atoms with Crippen molar-refractivity contribution in [2.24, 2.45) is 0 Å². The van der Waals surface area contributed by atoms with Crippen molar-refractivity contribution in [3.05, 3.63) is 35.9 Å². The van der Waals surface area contributed by atoms with Crippen LogP contribution in [0.25, 0.3) is 0 Å². The van der Waals surface area contributed by atoms with E-state index in [0.717, 1.165) is 5.56 Å². The van der Waals surface area contributed by atoms with E-state index in [-0.39, 0.29) is 25.6 Å². The van der Waals surface area contributed by atoms with E-state index in [1.807, 2.05) is 30.3 Å². The van der Waals surface area contributed by atoms with Gasteiger partial charge in [0.05, 0.1) is 19.8 Å². The Balaban J connectivity index is 1.88. The first kappa shape index (κ1) is 18.7. The van der Waals surface area contributed by atoms with Crippen molar-refractivity contribution < 1.29 is 30.3 Å². The number of rotatable bonds is 8. The third-order valence-electron chi connectivity index (χ3n) is 4.07. The first-order valence-electron chi connectivity index (χ1n) is 7.64. The molecule has 0 aromatic heterocycles. The fourth-order valence-corrected chi connectivity index (χ4v) is 5.39. The summed E-state index contributed by atoms with van der Waals surface area (Å²) in [6, 6.07) is 9.46. The van der Waals surface area contributed by atoms with Gasteiger partial charge in [0, 0.05) is 10.9 Å². The summed E-state index contributed by atoms with van der Waals surface area (Å²) in [7, 11) is -0.517. The highest BCUT2D eigenvalue weighted by Gasteiger charge is 2.50. The molecule has 6 atom stereocenters. The van der Waals surface area contributed by atoms with Crippen molar-refractivity contribution in [1.29, 1.82) is 0 Å². The first-order chi connectivity index (χ1) is 11.1. The van der Waals surface area contributed by atoms with Crippen LogP contribution < -0.4 is 0 Å². The Hall–Kier alpha value is -0.670. The zero-order valence-corrected chi connectivity index (χ0v) is 13.7. The zero-order chi connectivity index (χ0) is 16.8. The second-order valence-corrected chi connectivity index (χ2v) is 8.08. The van der Waals surface area contributed by atoms with Crippen LogP contribution >= 0.6 is 0 Å². The number of hydrogen-bond acceptors (Lipinski definition) is 6. The Morgan fingerprint density at radius 2 is 1.87 bits per heavy atom. The summed E-state index contributed by atoms with van der Waals surface area (Å²) < 4.78 is 5.59. The average molecular weight is 345 g/mol. The molecule has 1 fully saturated rings. The molecular formula is C16H25O6S+. The van der Waals surface area contributed by atoms with Crippen molar-refractivity contribution in [3.8, 4) is 0 Å². The predicted octanol–water partition coefficient (Wildman–Crippen LogP) is -1.36. The number of aliphatic hydroxyl groups is 5. The molecule has 23 heavy (non-hydrogen) atoms. The van der Waals surface area contributed by atoms with E-state index >= 15 is 0 Å². The Morgan fingerprint density at radius 1 is 1.17 bits per heavy atom. The van der Waals surface area contributed by atoms with Crippen LogP contribution in [-0.2, 0) is 22.2 Å². The lowest BCUT2D eigenvalue weighted by Crippen LogP contribution is -2.42. The summed E-state index contributed by atoms with van der Waals surface area (Å²) >= 11 is 0. The SMILES string of the molecule is OC[C@H](OCc1ccccc1)[C@H](O)C[S+]1C[C@@H](O)[C@H](O)[C@H]1CO. The van der Waals surface area contributed by atoms with E-state index in [9.17, 15) is 25.5 Å². The molecule has 1 aromatic carbocycles. The van der Waals surface area contributed by atoms with Gasteiger partial charge in [-0.05, 0) is 5.56 Å². The molecule has 1 saturated heterocycles.